The van der Waals surface area contributed by atoms with Crippen LogP contribution in [0.1, 0.15) is 52.0 Å². The summed E-state index contributed by atoms with van der Waals surface area (Å²) in [6, 6.07) is 9.29. The molecule has 2 N–H and O–H groups in total. The van der Waals surface area contributed by atoms with E-state index >= 15 is 0 Å². The highest BCUT2D eigenvalue weighted by Gasteiger charge is 2.24. The third kappa shape index (κ3) is 9.41. The monoisotopic (exact) mass is 446 g/mol. The number of allylic oxidation sites excluding steroid dienone is 1. The van der Waals surface area contributed by atoms with Crippen LogP contribution in [0.2, 0.25) is 0 Å². The molecule has 0 saturated heterocycles. The van der Waals surface area contributed by atoms with Crippen molar-refractivity contribution in [3.8, 4) is 0 Å². The van der Waals surface area contributed by atoms with Gasteiger partial charge in [0.15, 0.2) is 0 Å². The minimum Gasteiger partial charge on any atom is -0.464 e. The fraction of sp³-hybridized carbons (Fsp3) is 0.542. The van der Waals surface area contributed by atoms with E-state index < -0.39 is 23.8 Å². The Morgan fingerprint density at radius 3 is 2.28 bits per heavy atom. The van der Waals surface area contributed by atoms with Gasteiger partial charge in [-0.1, -0.05) is 36.4 Å². The van der Waals surface area contributed by atoms with E-state index in [2.05, 4.69) is 10.6 Å². The lowest BCUT2D eigenvalue weighted by Gasteiger charge is -2.28. The van der Waals surface area contributed by atoms with Gasteiger partial charge in [0.2, 0.25) is 0 Å². The van der Waals surface area contributed by atoms with Crippen LogP contribution >= 0.6 is 0 Å². The van der Waals surface area contributed by atoms with Crippen molar-refractivity contribution in [2.24, 2.45) is 11.8 Å². The molecule has 1 aromatic rings. The summed E-state index contributed by atoms with van der Waals surface area (Å²) in [5.74, 6) is -0.149. The van der Waals surface area contributed by atoms with Crippen molar-refractivity contribution < 1.29 is 28.6 Å². The molecule has 0 spiro atoms. The number of carbonyl (C=O) groups is 3. The van der Waals surface area contributed by atoms with E-state index in [1.807, 2.05) is 51.1 Å². The third-order valence-electron chi connectivity index (χ3n) is 5.08. The second kappa shape index (κ2) is 12.1. The van der Waals surface area contributed by atoms with Gasteiger partial charge in [0.25, 0.3) is 0 Å². The van der Waals surface area contributed by atoms with Gasteiger partial charge < -0.3 is 19.5 Å². The van der Waals surface area contributed by atoms with Crippen molar-refractivity contribution in [3.63, 3.8) is 0 Å². The maximum atomic E-state index is 12.2. The number of ether oxygens (including phenoxy) is 3. The number of rotatable bonds is 7. The van der Waals surface area contributed by atoms with Gasteiger partial charge in [0.05, 0.1) is 7.11 Å². The molecular formula is C24H34N2O6. The van der Waals surface area contributed by atoms with Crippen molar-refractivity contribution in [3.05, 3.63) is 47.7 Å². The van der Waals surface area contributed by atoms with Gasteiger partial charge in [-0.2, -0.15) is 0 Å². The van der Waals surface area contributed by atoms with Crippen LogP contribution in [0.3, 0.4) is 0 Å². The molecule has 2 amide bonds. The molecule has 1 aliphatic carbocycles. The van der Waals surface area contributed by atoms with Crippen LogP contribution in [-0.2, 0) is 25.6 Å². The van der Waals surface area contributed by atoms with E-state index in [0.29, 0.717) is 12.5 Å². The first-order valence-corrected chi connectivity index (χ1v) is 10.9. The normalized spacial score (nSPS) is 18.9. The Kier molecular flexibility index (Phi) is 9.56. The van der Waals surface area contributed by atoms with Crippen molar-refractivity contribution in [1.82, 2.24) is 10.6 Å². The van der Waals surface area contributed by atoms with Crippen molar-refractivity contribution >= 4 is 18.2 Å². The maximum absolute atomic E-state index is 12.2. The number of amides is 2. The summed E-state index contributed by atoms with van der Waals surface area (Å²) in [7, 11) is 1.27. The lowest BCUT2D eigenvalue weighted by atomic mass is 9.81. The molecule has 1 saturated carbocycles. The van der Waals surface area contributed by atoms with Crippen LogP contribution in [0.4, 0.5) is 9.59 Å². The number of carbonyl (C=O) groups excluding carboxylic acids is 3. The highest BCUT2D eigenvalue weighted by atomic mass is 16.6. The van der Waals surface area contributed by atoms with Gasteiger partial charge in [-0.3, -0.25) is 5.32 Å². The molecule has 0 atom stereocenters. The zero-order chi connectivity index (χ0) is 23.6. The van der Waals surface area contributed by atoms with Crippen molar-refractivity contribution in [2.45, 2.75) is 58.7 Å². The predicted molar refractivity (Wildman–Crippen MR) is 120 cm³/mol. The first-order chi connectivity index (χ1) is 15.2. The van der Waals surface area contributed by atoms with Crippen LogP contribution in [0.25, 0.3) is 0 Å². The van der Waals surface area contributed by atoms with E-state index in [-0.39, 0.29) is 18.2 Å². The van der Waals surface area contributed by atoms with Crippen LogP contribution in [0.5, 0.6) is 0 Å². The number of alkyl carbamates (subject to hydrolysis) is 2. The highest BCUT2D eigenvalue weighted by molar-refractivity contribution is 5.92. The van der Waals surface area contributed by atoms with Crippen LogP contribution in [0, 0.1) is 11.8 Å². The summed E-state index contributed by atoms with van der Waals surface area (Å²) < 4.78 is 15.3. The number of hydrogen-bond acceptors (Lipinski definition) is 6. The number of methoxy groups -OCH3 is 1. The summed E-state index contributed by atoms with van der Waals surface area (Å²) in [5.41, 5.74) is 0.414. The quantitative estimate of drug-likeness (QED) is 0.368. The lowest BCUT2D eigenvalue weighted by Crippen LogP contribution is -2.36. The minimum absolute atomic E-state index is 0.0842. The van der Waals surface area contributed by atoms with E-state index in [4.69, 9.17) is 14.2 Å². The Morgan fingerprint density at radius 1 is 1.03 bits per heavy atom. The molecule has 1 fully saturated rings. The molecule has 0 bridgehead atoms. The standard InChI is InChI=1S/C24H34N2O6/c1-24(2,3)32-22(28)25-15-18-12-10-17(11-13-18)14-20(21(27)30-4)26-23(29)31-16-19-8-6-5-7-9-19/h5-9,14,17-18H,10-13,15-16H2,1-4H3,(H,25,28)(H,26,29)/b20-14+. The Bertz CT molecular complexity index is 792. The summed E-state index contributed by atoms with van der Waals surface area (Å²) in [4.78, 5) is 36.1. The smallest absolute Gasteiger partial charge is 0.412 e. The van der Waals surface area contributed by atoms with E-state index in [1.165, 1.54) is 7.11 Å². The van der Waals surface area contributed by atoms with Crippen molar-refractivity contribution in [1.29, 1.82) is 0 Å². The van der Waals surface area contributed by atoms with Gasteiger partial charge in [-0.15, -0.1) is 0 Å². The number of hydrogen-bond donors (Lipinski definition) is 2. The van der Waals surface area contributed by atoms with Crippen LogP contribution in [-0.4, -0.2) is 37.4 Å². The SMILES string of the molecule is COC(=O)/C(=C\C1CCC(CNC(=O)OC(C)(C)C)CC1)NC(=O)OCc1ccccc1. The average Bonchev–Trinajstić information content (AvgIpc) is 2.75. The van der Waals surface area contributed by atoms with E-state index in [9.17, 15) is 14.4 Å². The average molecular weight is 447 g/mol. The van der Waals surface area contributed by atoms with Gasteiger partial charge >= 0.3 is 18.2 Å². The summed E-state index contributed by atoms with van der Waals surface area (Å²) >= 11 is 0. The van der Waals surface area contributed by atoms with Gasteiger partial charge in [-0.25, -0.2) is 14.4 Å². The molecule has 0 radical (unpaired) electrons. The van der Waals surface area contributed by atoms with Gasteiger partial charge in [0.1, 0.15) is 17.9 Å². The molecule has 8 nitrogen and oxygen atoms in total. The zero-order valence-electron chi connectivity index (χ0n) is 19.3. The summed E-state index contributed by atoms with van der Waals surface area (Å²) in [6.45, 7) is 6.15. The molecule has 0 unspecified atom stereocenters. The van der Waals surface area contributed by atoms with Crippen LogP contribution in [0.15, 0.2) is 42.1 Å². The fourth-order valence-corrected chi connectivity index (χ4v) is 3.48. The Labute approximate surface area is 189 Å². The van der Waals surface area contributed by atoms with Crippen molar-refractivity contribution in [2.75, 3.05) is 13.7 Å². The fourth-order valence-electron chi connectivity index (χ4n) is 3.48. The molecule has 1 aromatic carbocycles. The molecule has 8 heteroatoms. The first kappa shape index (κ1) is 25.2. The lowest BCUT2D eigenvalue weighted by molar-refractivity contribution is -0.136. The molecule has 0 aliphatic heterocycles. The zero-order valence-corrected chi connectivity index (χ0v) is 19.3. The molecule has 0 aromatic heterocycles. The number of esters is 1. The second-order valence-electron chi connectivity index (χ2n) is 8.92. The summed E-state index contributed by atoms with van der Waals surface area (Å²) in [5, 5.41) is 5.33. The number of benzene rings is 1. The molecular weight excluding hydrogens is 412 g/mol. The van der Waals surface area contributed by atoms with Gasteiger partial charge in [0, 0.05) is 6.54 Å². The van der Waals surface area contributed by atoms with Crippen LogP contribution < -0.4 is 10.6 Å². The van der Waals surface area contributed by atoms with E-state index in [1.54, 1.807) is 6.08 Å². The largest absolute Gasteiger partial charge is 0.464 e. The number of nitrogens with one attached hydrogen (secondary N) is 2. The topological polar surface area (TPSA) is 103 Å². The summed E-state index contributed by atoms with van der Waals surface area (Å²) in [6.07, 6.45) is 4.08. The Morgan fingerprint density at radius 2 is 1.69 bits per heavy atom. The third-order valence-corrected chi connectivity index (χ3v) is 5.08. The predicted octanol–water partition coefficient (Wildman–Crippen LogP) is 4.30. The highest BCUT2D eigenvalue weighted by Crippen LogP contribution is 2.30. The molecule has 0 heterocycles. The minimum atomic E-state index is -0.708. The van der Waals surface area contributed by atoms with E-state index in [0.717, 1.165) is 31.2 Å². The van der Waals surface area contributed by atoms with Gasteiger partial charge in [-0.05, 0) is 63.9 Å². The first-order valence-electron chi connectivity index (χ1n) is 10.9. The molecule has 1 aliphatic rings. The Balaban J connectivity index is 1.82. The maximum Gasteiger partial charge on any atom is 0.412 e. The molecule has 176 valence electrons. The second-order valence-corrected chi connectivity index (χ2v) is 8.92. The molecule has 2 rings (SSSR count). The molecule has 32 heavy (non-hydrogen) atoms. The Hall–Kier alpha value is -3.03.